The highest BCUT2D eigenvalue weighted by Crippen LogP contribution is 2.35. The lowest BCUT2D eigenvalue weighted by molar-refractivity contribution is 0.218. The van der Waals surface area contributed by atoms with Gasteiger partial charge in [-0.2, -0.15) is 0 Å². The van der Waals surface area contributed by atoms with Gasteiger partial charge in [0.05, 0.1) is 4.90 Å². The number of rotatable bonds is 3. The van der Waals surface area contributed by atoms with Gasteiger partial charge in [-0.15, -0.1) is 0 Å². The molecule has 0 atom stereocenters. The third-order valence-electron chi connectivity index (χ3n) is 4.04. The molecule has 1 aromatic carbocycles. The summed E-state index contributed by atoms with van der Waals surface area (Å²) in [5, 5.41) is 0. The maximum absolute atomic E-state index is 12.5. The number of hydrogen-bond donors (Lipinski definition) is 1. The third kappa shape index (κ3) is 3.83. The van der Waals surface area contributed by atoms with E-state index in [1.165, 1.54) is 0 Å². The zero-order chi connectivity index (χ0) is 15.0. The molecule has 1 aliphatic carbocycles. The molecule has 0 heterocycles. The third-order valence-corrected chi connectivity index (χ3v) is 6.54. The van der Waals surface area contributed by atoms with Crippen molar-refractivity contribution in [3.8, 4) is 0 Å². The molecule has 0 radical (unpaired) electrons. The lowest BCUT2D eigenvalue weighted by atomic mass is 9.76. The van der Waals surface area contributed by atoms with Crippen LogP contribution < -0.4 is 4.72 Å². The van der Waals surface area contributed by atoms with Gasteiger partial charge in [0, 0.05) is 10.5 Å². The molecule has 0 aliphatic heterocycles. The highest BCUT2D eigenvalue weighted by molar-refractivity contribution is 9.10. The van der Waals surface area contributed by atoms with Gasteiger partial charge in [0.2, 0.25) is 10.0 Å². The molecule has 3 nitrogen and oxygen atoms in total. The van der Waals surface area contributed by atoms with Crippen LogP contribution in [0.4, 0.5) is 0 Å². The predicted molar refractivity (Wildman–Crippen MR) is 85.2 cm³/mol. The Bertz CT molecular complexity index is 586. The van der Waals surface area contributed by atoms with Crippen molar-refractivity contribution in [2.24, 2.45) is 5.41 Å². The van der Waals surface area contributed by atoms with E-state index in [-0.39, 0.29) is 6.04 Å². The SMILES string of the molecule is Cc1ccc(S(=O)(=O)NC2CCC(C)(C)CC2)c(Br)c1. The van der Waals surface area contributed by atoms with E-state index in [2.05, 4.69) is 34.5 Å². The Balaban J connectivity index is 2.12. The van der Waals surface area contributed by atoms with Crippen molar-refractivity contribution in [3.05, 3.63) is 28.2 Å². The van der Waals surface area contributed by atoms with Crippen LogP contribution in [0.5, 0.6) is 0 Å². The molecule has 1 saturated carbocycles. The number of aryl methyl sites for hydroxylation is 1. The Morgan fingerprint density at radius 1 is 1.25 bits per heavy atom. The van der Waals surface area contributed by atoms with Crippen LogP contribution in [-0.2, 0) is 10.0 Å². The number of hydrogen-bond acceptors (Lipinski definition) is 2. The van der Waals surface area contributed by atoms with Gasteiger partial charge in [-0.1, -0.05) is 19.9 Å². The zero-order valence-corrected chi connectivity index (χ0v) is 14.6. The first-order chi connectivity index (χ1) is 9.20. The molecule has 1 N–H and O–H groups in total. The van der Waals surface area contributed by atoms with E-state index in [4.69, 9.17) is 0 Å². The molecule has 0 unspecified atom stereocenters. The molecule has 0 spiro atoms. The molecule has 20 heavy (non-hydrogen) atoms. The van der Waals surface area contributed by atoms with E-state index in [1.54, 1.807) is 6.07 Å². The van der Waals surface area contributed by atoms with Gasteiger partial charge in [-0.25, -0.2) is 13.1 Å². The van der Waals surface area contributed by atoms with E-state index in [9.17, 15) is 8.42 Å². The number of benzene rings is 1. The smallest absolute Gasteiger partial charge is 0.208 e. The highest BCUT2D eigenvalue weighted by atomic mass is 79.9. The van der Waals surface area contributed by atoms with Crippen molar-refractivity contribution in [1.29, 1.82) is 0 Å². The Morgan fingerprint density at radius 3 is 2.40 bits per heavy atom. The largest absolute Gasteiger partial charge is 0.241 e. The predicted octanol–water partition coefficient (Wildman–Crippen LogP) is 4.00. The van der Waals surface area contributed by atoms with Gasteiger partial charge in [-0.05, 0) is 71.6 Å². The lowest BCUT2D eigenvalue weighted by Crippen LogP contribution is -2.39. The standard InChI is InChI=1S/C15H22BrNO2S/c1-11-4-5-14(13(16)10-11)20(18,19)17-12-6-8-15(2,3)9-7-12/h4-5,10,12,17H,6-9H2,1-3H3. The van der Waals surface area contributed by atoms with Crippen LogP contribution in [0.25, 0.3) is 0 Å². The monoisotopic (exact) mass is 359 g/mol. The fourth-order valence-corrected chi connectivity index (χ4v) is 5.12. The molecule has 1 fully saturated rings. The normalized spacial score (nSPS) is 20.0. The van der Waals surface area contributed by atoms with Crippen LogP contribution in [0, 0.1) is 12.3 Å². The van der Waals surface area contributed by atoms with Gasteiger partial charge in [0.1, 0.15) is 0 Å². The molecule has 2 rings (SSSR count). The minimum atomic E-state index is -3.44. The quantitative estimate of drug-likeness (QED) is 0.886. The summed E-state index contributed by atoms with van der Waals surface area (Å²) in [6.07, 6.45) is 3.95. The number of halogens is 1. The average Bonchev–Trinajstić information content (AvgIpc) is 2.31. The van der Waals surface area contributed by atoms with Crippen molar-refractivity contribution < 1.29 is 8.42 Å². The summed E-state index contributed by atoms with van der Waals surface area (Å²) in [6.45, 7) is 6.43. The van der Waals surface area contributed by atoms with Gasteiger partial charge in [0.25, 0.3) is 0 Å². The summed E-state index contributed by atoms with van der Waals surface area (Å²) < 4.78 is 28.4. The van der Waals surface area contributed by atoms with Crippen molar-refractivity contribution in [2.75, 3.05) is 0 Å². The van der Waals surface area contributed by atoms with Crippen molar-refractivity contribution in [1.82, 2.24) is 4.72 Å². The Kier molecular flexibility index (Phi) is 4.62. The van der Waals surface area contributed by atoms with Crippen molar-refractivity contribution in [3.63, 3.8) is 0 Å². The van der Waals surface area contributed by atoms with Crippen LogP contribution in [0.2, 0.25) is 0 Å². The van der Waals surface area contributed by atoms with Crippen LogP contribution in [0.15, 0.2) is 27.6 Å². The average molecular weight is 360 g/mol. The first kappa shape index (κ1) is 16.0. The van der Waals surface area contributed by atoms with Crippen LogP contribution in [-0.4, -0.2) is 14.5 Å². The van der Waals surface area contributed by atoms with Crippen LogP contribution in [0.1, 0.15) is 45.1 Å². The number of sulfonamides is 1. The van der Waals surface area contributed by atoms with Gasteiger partial charge in [0.15, 0.2) is 0 Å². The summed E-state index contributed by atoms with van der Waals surface area (Å²) in [6, 6.07) is 5.37. The van der Waals surface area contributed by atoms with Gasteiger partial charge < -0.3 is 0 Å². The molecule has 0 saturated heterocycles. The van der Waals surface area contributed by atoms with Gasteiger partial charge in [-0.3, -0.25) is 0 Å². The molecule has 0 bridgehead atoms. The molecule has 0 aromatic heterocycles. The Labute approximate surface area is 130 Å². The molecule has 1 aliphatic rings. The van der Waals surface area contributed by atoms with Crippen LogP contribution in [0.3, 0.4) is 0 Å². The maximum atomic E-state index is 12.5. The minimum absolute atomic E-state index is 0.0567. The second-order valence-corrected chi connectivity index (χ2v) is 9.03. The highest BCUT2D eigenvalue weighted by Gasteiger charge is 2.30. The van der Waals surface area contributed by atoms with Crippen molar-refractivity contribution >= 4 is 26.0 Å². The molecule has 5 heteroatoms. The fraction of sp³-hybridized carbons (Fsp3) is 0.600. The first-order valence-electron chi connectivity index (χ1n) is 6.98. The van der Waals surface area contributed by atoms with E-state index in [1.807, 2.05) is 19.1 Å². The summed E-state index contributed by atoms with van der Waals surface area (Å²) in [7, 11) is -3.44. The van der Waals surface area contributed by atoms with Gasteiger partial charge >= 0.3 is 0 Å². The van der Waals surface area contributed by atoms with E-state index >= 15 is 0 Å². The van der Waals surface area contributed by atoms with E-state index in [0.29, 0.717) is 14.8 Å². The second kappa shape index (κ2) is 5.78. The number of nitrogens with one attached hydrogen (secondary N) is 1. The molecule has 112 valence electrons. The zero-order valence-electron chi connectivity index (χ0n) is 12.2. The summed E-state index contributed by atoms with van der Waals surface area (Å²) >= 11 is 3.35. The van der Waals surface area contributed by atoms with Crippen molar-refractivity contribution in [2.45, 2.75) is 57.4 Å². The molecule has 1 aromatic rings. The lowest BCUT2D eigenvalue weighted by Gasteiger charge is -2.34. The Morgan fingerprint density at radius 2 is 1.85 bits per heavy atom. The van der Waals surface area contributed by atoms with E-state index < -0.39 is 10.0 Å². The van der Waals surface area contributed by atoms with Crippen LogP contribution >= 0.6 is 15.9 Å². The summed E-state index contributed by atoms with van der Waals surface area (Å²) in [4.78, 5) is 0.327. The second-order valence-electron chi connectivity index (χ2n) is 6.49. The first-order valence-corrected chi connectivity index (χ1v) is 9.26. The molecular formula is C15H22BrNO2S. The minimum Gasteiger partial charge on any atom is -0.208 e. The Hall–Kier alpha value is -0.390. The summed E-state index contributed by atoms with van der Waals surface area (Å²) in [5.41, 5.74) is 1.38. The topological polar surface area (TPSA) is 46.2 Å². The fourth-order valence-electron chi connectivity index (χ4n) is 2.62. The van der Waals surface area contributed by atoms with E-state index in [0.717, 1.165) is 31.2 Å². The molecular weight excluding hydrogens is 338 g/mol. The maximum Gasteiger partial charge on any atom is 0.241 e. The molecule has 0 amide bonds. The summed E-state index contributed by atoms with van der Waals surface area (Å²) in [5.74, 6) is 0.